The maximum Gasteiger partial charge on any atom is 0.264 e. The number of nitrogens with zero attached hydrogens (tertiary/aromatic N) is 1. The van der Waals surface area contributed by atoms with Crippen molar-refractivity contribution in [1.82, 2.24) is 10.3 Å². The highest BCUT2D eigenvalue weighted by atomic mass is 32.2. The number of rotatable bonds is 8. The van der Waals surface area contributed by atoms with E-state index in [9.17, 15) is 9.59 Å². The summed E-state index contributed by atoms with van der Waals surface area (Å²) in [6.07, 6.45) is 0. The Labute approximate surface area is 197 Å². The number of thioether (sulfide) groups is 2. The van der Waals surface area contributed by atoms with Crippen LogP contribution in [0.1, 0.15) is 21.9 Å². The van der Waals surface area contributed by atoms with E-state index in [1.165, 1.54) is 35.3 Å². The molecule has 0 saturated carbocycles. The van der Waals surface area contributed by atoms with Gasteiger partial charge < -0.3 is 10.1 Å². The Bertz CT molecular complexity index is 1040. The average molecular weight is 492 g/mol. The van der Waals surface area contributed by atoms with Gasteiger partial charge in [0.05, 0.1) is 21.7 Å². The van der Waals surface area contributed by atoms with E-state index in [1.807, 2.05) is 53.2 Å². The molecule has 4 rings (SSSR count). The summed E-state index contributed by atoms with van der Waals surface area (Å²) in [6, 6.07) is 11.9. The van der Waals surface area contributed by atoms with Crippen molar-refractivity contribution in [2.45, 2.75) is 18.1 Å². The number of ether oxygens (including phenoxy) is 1. The average Bonchev–Trinajstić information content (AvgIpc) is 3.53. The smallest absolute Gasteiger partial charge is 0.264 e. The fraction of sp³-hybridized carbons (Fsp3) is 0.286. The van der Waals surface area contributed by atoms with Crippen molar-refractivity contribution in [2.24, 2.45) is 0 Å². The third-order valence-electron chi connectivity index (χ3n) is 4.32. The topological polar surface area (TPSA) is 80.3 Å². The van der Waals surface area contributed by atoms with Crippen molar-refractivity contribution >= 4 is 63.1 Å². The molecule has 0 unspecified atom stereocenters. The van der Waals surface area contributed by atoms with E-state index in [0.717, 1.165) is 15.4 Å². The molecule has 1 saturated heterocycles. The molecule has 0 aliphatic carbocycles. The van der Waals surface area contributed by atoms with Gasteiger partial charge in [-0.25, -0.2) is 4.98 Å². The number of thiophene rings is 1. The van der Waals surface area contributed by atoms with Crippen molar-refractivity contribution in [1.29, 1.82) is 0 Å². The summed E-state index contributed by atoms with van der Waals surface area (Å²) < 4.78 is 6.12. The van der Waals surface area contributed by atoms with Gasteiger partial charge in [-0.05, 0) is 29.8 Å². The molecule has 162 valence electrons. The second-order valence-electron chi connectivity index (χ2n) is 6.69. The molecule has 2 aromatic heterocycles. The zero-order valence-corrected chi connectivity index (χ0v) is 20.0. The Morgan fingerprint density at radius 3 is 2.65 bits per heavy atom. The molecule has 0 atom stereocenters. The molecular formula is C21H21N3O3S4. The molecule has 3 heterocycles. The summed E-state index contributed by atoms with van der Waals surface area (Å²) in [4.78, 5) is 29.8. The summed E-state index contributed by atoms with van der Waals surface area (Å²) in [5, 5.41) is 8.01. The molecule has 3 aromatic rings. The first kappa shape index (κ1) is 22.2. The molecule has 0 radical (unpaired) electrons. The van der Waals surface area contributed by atoms with Crippen molar-refractivity contribution in [3.8, 4) is 16.3 Å². The van der Waals surface area contributed by atoms with Crippen molar-refractivity contribution < 1.29 is 14.3 Å². The normalized spacial score (nSPS) is 13.8. The molecule has 1 fully saturated rings. The van der Waals surface area contributed by atoms with Crippen LogP contribution in [0.25, 0.3) is 10.6 Å². The number of carbonyl (C=O) groups excluding carboxylic acids is 2. The van der Waals surface area contributed by atoms with Crippen LogP contribution in [0.15, 0.2) is 41.8 Å². The number of hydrogen-bond acceptors (Lipinski definition) is 8. The number of hydrogen-bond donors (Lipinski definition) is 2. The second kappa shape index (κ2) is 10.5. The molecule has 10 heteroatoms. The van der Waals surface area contributed by atoms with Gasteiger partial charge >= 0.3 is 0 Å². The van der Waals surface area contributed by atoms with Crippen LogP contribution in [0.2, 0.25) is 0 Å². The van der Waals surface area contributed by atoms with Gasteiger partial charge in [-0.2, -0.15) is 0 Å². The first-order chi connectivity index (χ1) is 15.1. The van der Waals surface area contributed by atoms with Gasteiger partial charge in [-0.15, -0.1) is 46.2 Å². The van der Waals surface area contributed by atoms with E-state index < -0.39 is 0 Å². The Hall–Kier alpha value is -2.01. The summed E-state index contributed by atoms with van der Waals surface area (Å²) in [5.74, 6) is 2.76. The maximum atomic E-state index is 12.2. The molecule has 2 N–H and O–H groups in total. The third kappa shape index (κ3) is 6.25. The predicted molar refractivity (Wildman–Crippen MR) is 131 cm³/mol. The summed E-state index contributed by atoms with van der Waals surface area (Å²) in [5.41, 5.74) is 2.09. The highest BCUT2D eigenvalue weighted by Crippen LogP contribution is 2.45. The molecule has 0 spiro atoms. The van der Waals surface area contributed by atoms with Crippen molar-refractivity contribution in [3.05, 3.63) is 52.2 Å². The molecule has 1 aromatic carbocycles. The number of anilines is 1. The minimum absolute atomic E-state index is 0.0569. The number of nitrogens with one attached hydrogen (secondary N) is 2. The van der Waals surface area contributed by atoms with Gasteiger partial charge in [0.25, 0.3) is 5.91 Å². The van der Waals surface area contributed by atoms with Crippen LogP contribution in [-0.4, -0.2) is 34.9 Å². The van der Waals surface area contributed by atoms with Crippen LogP contribution in [0.3, 0.4) is 0 Å². The molecule has 31 heavy (non-hydrogen) atoms. The van der Waals surface area contributed by atoms with Crippen LogP contribution < -0.4 is 15.4 Å². The standard InChI is InChI=1S/C21H21N3O3S4/c1-13(25)22-10-16-6-7-18(31-16)17-12-30-21(23-17)24-19(26)11-27-15-4-2-14(3-5-15)20-28-8-9-29-20/h2-7,12,20H,8-11H2,1H3,(H,22,25)(H,23,24,26). The highest BCUT2D eigenvalue weighted by molar-refractivity contribution is 8.19. The first-order valence-electron chi connectivity index (χ1n) is 9.62. The number of carbonyl (C=O) groups is 2. The molecule has 1 aliphatic heterocycles. The van der Waals surface area contributed by atoms with Gasteiger partial charge in [0, 0.05) is 28.7 Å². The van der Waals surface area contributed by atoms with Gasteiger partial charge in [0.1, 0.15) is 5.75 Å². The van der Waals surface area contributed by atoms with Crippen molar-refractivity contribution in [2.75, 3.05) is 23.4 Å². The van der Waals surface area contributed by atoms with Crippen LogP contribution in [-0.2, 0) is 16.1 Å². The minimum atomic E-state index is -0.246. The lowest BCUT2D eigenvalue weighted by molar-refractivity contribution is -0.119. The Kier molecular flexibility index (Phi) is 7.54. The Balaban J connectivity index is 1.26. The molecule has 0 bridgehead atoms. The molecule has 2 amide bonds. The van der Waals surface area contributed by atoms with Crippen LogP contribution in [0.5, 0.6) is 5.75 Å². The summed E-state index contributed by atoms with van der Waals surface area (Å²) in [6.45, 7) is 1.93. The number of amides is 2. The zero-order chi connectivity index (χ0) is 21.6. The molecule has 1 aliphatic rings. The fourth-order valence-electron chi connectivity index (χ4n) is 2.84. The molecular weight excluding hydrogens is 471 g/mol. The summed E-state index contributed by atoms with van der Waals surface area (Å²) >= 11 is 6.86. The highest BCUT2D eigenvalue weighted by Gasteiger charge is 2.18. The van der Waals surface area contributed by atoms with Crippen molar-refractivity contribution in [3.63, 3.8) is 0 Å². The fourth-order valence-corrected chi connectivity index (χ4v) is 7.41. The Morgan fingerprint density at radius 1 is 1.13 bits per heavy atom. The number of aromatic nitrogens is 1. The summed E-state index contributed by atoms with van der Waals surface area (Å²) in [7, 11) is 0. The van der Waals surface area contributed by atoms with Gasteiger partial charge in [0.15, 0.2) is 11.7 Å². The lowest BCUT2D eigenvalue weighted by atomic mass is 10.2. The van der Waals surface area contributed by atoms with Crippen LogP contribution in [0.4, 0.5) is 5.13 Å². The van der Waals surface area contributed by atoms with Gasteiger partial charge in [0.2, 0.25) is 5.91 Å². The monoisotopic (exact) mass is 491 g/mol. The molecule has 6 nitrogen and oxygen atoms in total. The van der Waals surface area contributed by atoms with Crippen LogP contribution in [0, 0.1) is 0 Å². The number of benzene rings is 1. The van der Waals surface area contributed by atoms with E-state index in [4.69, 9.17) is 4.74 Å². The van der Waals surface area contributed by atoms with Gasteiger partial charge in [-0.3, -0.25) is 14.9 Å². The third-order valence-corrected chi connectivity index (χ3v) is 9.29. The van der Waals surface area contributed by atoms with E-state index in [2.05, 4.69) is 27.8 Å². The van der Waals surface area contributed by atoms with E-state index in [0.29, 0.717) is 22.0 Å². The second-order valence-corrected chi connectivity index (χ2v) is 11.4. The van der Waals surface area contributed by atoms with E-state index in [1.54, 1.807) is 11.3 Å². The SMILES string of the molecule is CC(=O)NCc1ccc(-c2csc(NC(=O)COc3ccc(C4SCCS4)cc3)n2)s1. The van der Waals surface area contributed by atoms with Crippen LogP contribution >= 0.6 is 46.2 Å². The number of thiazole rings is 1. The maximum absolute atomic E-state index is 12.2. The zero-order valence-electron chi connectivity index (χ0n) is 16.8. The predicted octanol–water partition coefficient (Wildman–Crippen LogP) is 5.00. The largest absolute Gasteiger partial charge is 0.484 e. The lowest BCUT2D eigenvalue weighted by Crippen LogP contribution is -2.20. The van der Waals surface area contributed by atoms with E-state index in [-0.39, 0.29) is 18.4 Å². The first-order valence-corrected chi connectivity index (χ1v) is 13.4. The lowest BCUT2D eigenvalue weighted by Gasteiger charge is -2.10. The minimum Gasteiger partial charge on any atom is -0.484 e. The quantitative estimate of drug-likeness (QED) is 0.461. The Morgan fingerprint density at radius 2 is 1.90 bits per heavy atom. The van der Waals surface area contributed by atoms with E-state index >= 15 is 0 Å². The van der Waals surface area contributed by atoms with Gasteiger partial charge in [-0.1, -0.05) is 12.1 Å².